The van der Waals surface area contributed by atoms with Gasteiger partial charge in [0.15, 0.2) is 0 Å². The summed E-state index contributed by atoms with van der Waals surface area (Å²) >= 11 is 1.63. The lowest BCUT2D eigenvalue weighted by Gasteiger charge is -2.30. The molecule has 0 aliphatic rings. The third kappa shape index (κ3) is 6.19. The first kappa shape index (κ1) is 21.6. The minimum Gasteiger partial charge on any atom is -0.332 e. The Bertz CT molecular complexity index is 928. The Morgan fingerprint density at radius 2 is 1.57 bits per heavy atom. The van der Waals surface area contributed by atoms with Gasteiger partial charge in [-0.15, -0.1) is 11.3 Å². The summed E-state index contributed by atoms with van der Waals surface area (Å²) in [7, 11) is 0. The molecule has 0 radical (unpaired) electrons. The number of nitrogens with one attached hydrogen (secondary N) is 1. The van der Waals surface area contributed by atoms with Gasteiger partial charge in [0, 0.05) is 23.2 Å². The molecule has 0 aliphatic carbocycles. The van der Waals surface area contributed by atoms with E-state index >= 15 is 0 Å². The van der Waals surface area contributed by atoms with E-state index in [1.54, 1.807) is 16.2 Å². The molecule has 1 N–H and O–H groups in total. The minimum atomic E-state index is -0.277. The van der Waals surface area contributed by atoms with Gasteiger partial charge >= 0.3 is 6.03 Å². The van der Waals surface area contributed by atoms with Crippen LogP contribution in [0.1, 0.15) is 24.3 Å². The summed E-state index contributed by atoms with van der Waals surface area (Å²) in [5, 5.41) is 4.89. The Kier molecular flexibility index (Phi) is 7.63. The first-order valence-electron chi connectivity index (χ1n) is 9.99. The van der Waals surface area contributed by atoms with Gasteiger partial charge < -0.3 is 15.1 Å². The monoisotopic (exact) mass is 421 g/mol. The number of thiophene rings is 1. The van der Waals surface area contributed by atoms with E-state index in [1.165, 1.54) is 0 Å². The highest BCUT2D eigenvalue weighted by atomic mass is 32.1. The van der Waals surface area contributed by atoms with E-state index in [1.807, 2.05) is 96.9 Å². The smallest absolute Gasteiger partial charge is 0.322 e. The van der Waals surface area contributed by atoms with Crippen LogP contribution in [0.15, 0.2) is 78.2 Å². The molecule has 0 unspecified atom stereocenters. The number of benzene rings is 2. The fraction of sp³-hybridized carbons (Fsp3) is 0.250. The molecule has 3 amide bonds. The van der Waals surface area contributed by atoms with Gasteiger partial charge in [0.25, 0.3) is 0 Å². The number of para-hydroxylation sites is 1. The number of hydrogen-bond donors (Lipinski definition) is 1. The number of nitrogens with zero attached hydrogens (tertiary/aromatic N) is 2. The summed E-state index contributed by atoms with van der Waals surface area (Å²) in [6.45, 7) is 4.88. The normalized spacial score (nSPS) is 10.6. The van der Waals surface area contributed by atoms with Crippen LogP contribution in [0.5, 0.6) is 0 Å². The lowest BCUT2D eigenvalue weighted by atomic mass is 10.2. The van der Waals surface area contributed by atoms with E-state index in [9.17, 15) is 9.59 Å². The quantitative estimate of drug-likeness (QED) is 0.542. The molecular weight excluding hydrogens is 394 g/mol. The lowest BCUT2D eigenvalue weighted by Crippen LogP contribution is -2.47. The third-order valence-electron chi connectivity index (χ3n) is 4.71. The number of urea groups is 1. The van der Waals surface area contributed by atoms with Gasteiger partial charge in [-0.2, -0.15) is 0 Å². The van der Waals surface area contributed by atoms with Gasteiger partial charge in [-0.05, 0) is 43.0 Å². The lowest BCUT2D eigenvalue weighted by molar-refractivity contribution is -0.133. The van der Waals surface area contributed by atoms with Crippen LogP contribution in [-0.4, -0.2) is 34.3 Å². The Labute approximate surface area is 181 Å². The summed E-state index contributed by atoms with van der Waals surface area (Å²) in [5.74, 6) is -0.0795. The van der Waals surface area contributed by atoms with Crippen molar-refractivity contribution in [1.82, 2.24) is 9.80 Å². The van der Waals surface area contributed by atoms with Crippen LogP contribution in [0, 0.1) is 0 Å². The van der Waals surface area contributed by atoms with Crippen LogP contribution < -0.4 is 5.32 Å². The molecular formula is C24H27N3O2S. The number of hydrogen-bond acceptors (Lipinski definition) is 3. The van der Waals surface area contributed by atoms with E-state index in [2.05, 4.69) is 5.32 Å². The van der Waals surface area contributed by atoms with Crippen LogP contribution in [0.25, 0.3) is 0 Å². The van der Waals surface area contributed by atoms with E-state index in [-0.39, 0.29) is 24.5 Å². The Balaban J connectivity index is 1.73. The van der Waals surface area contributed by atoms with Crippen LogP contribution >= 0.6 is 11.3 Å². The second-order valence-corrected chi connectivity index (χ2v) is 8.36. The fourth-order valence-corrected chi connectivity index (χ4v) is 3.80. The van der Waals surface area contributed by atoms with Crippen LogP contribution in [0.2, 0.25) is 0 Å². The fourth-order valence-electron chi connectivity index (χ4n) is 3.08. The van der Waals surface area contributed by atoms with Crippen LogP contribution in [0.3, 0.4) is 0 Å². The van der Waals surface area contributed by atoms with Crippen LogP contribution in [0.4, 0.5) is 10.5 Å². The minimum absolute atomic E-state index is 0.0224. The molecule has 0 atom stereocenters. The molecule has 0 spiro atoms. The second kappa shape index (κ2) is 10.6. The molecule has 3 rings (SSSR count). The molecule has 30 heavy (non-hydrogen) atoms. The maximum atomic E-state index is 13.3. The average Bonchev–Trinajstić information content (AvgIpc) is 3.25. The van der Waals surface area contributed by atoms with Gasteiger partial charge in [-0.3, -0.25) is 4.79 Å². The molecule has 0 fully saturated rings. The van der Waals surface area contributed by atoms with Crippen molar-refractivity contribution < 1.29 is 9.59 Å². The maximum Gasteiger partial charge on any atom is 0.322 e. The van der Waals surface area contributed by atoms with Gasteiger partial charge in [0.2, 0.25) is 5.91 Å². The van der Waals surface area contributed by atoms with Crippen molar-refractivity contribution in [3.63, 3.8) is 0 Å². The maximum absolute atomic E-state index is 13.3. The average molecular weight is 422 g/mol. The molecule has 1 aromatic heterocycles. The van der Waals surface area contributed by atoms with Crippen LogP contribution in [-0.2, 0) is 17.9 Å². The molecule has 0 saturated heterocycles. The zero-order valence-corrected chi connectivity index (χ0v) is 18.1. The Morgan fingerprint density at radius 1 is 0.900 bits per heavy atom. The van der Waals surface area contributed by atoms with Crippen molar-refractivity contribution in [2.75, 3.05) is 11.9 Å². The number of amides is 3. The first-order chi connectivity index (χ1) is 14.5. The largest absolute Gasteiger partial charge is 0.332 e. The number of anilines is 1. The first-order valence-corrected chi connectivity index (χ1v) is 10.9. The van der Waals surface area contributed by atoms with Gasteiger partial charge in [0.1, 0.15) is 6.54 Å². The zero-order chi connectivity index (χ0) is 21.3. The topological polar surface area (TPSA) is 52.7 Å². The molecule has 3 aromatic rings. The Hall–Kier alpha value is -3.12. The zero-order valence-electron chi connectivity index (χ0n) is 17.3. The molecule has 0 aliphatic heterocycles. The number of rotatable bonds is 8. The van der Waals surface area contributed by atoms with E-state index < -0.39 is 0 Å². The highest BCUT2D eigenvalue weighted by Gasteiger charge is 2.24. The predicted octanol–water partition coefficient (Wildman–Crippen LogP) is 5.22. The molecule has 0 bridgehead atoms. The predicted molar refractivity (Wildman–Crippen MR) is 122 cm³/mol. The molecule has 6 heteroatoms. The molecule has 156 valence electrons. The molecule has 0 saturated carbocycles. The van der Waals surface area contributed by atoms with Gasteiger partial charge in [-0.1, -0.05) is 54.6 Å². The Morgan fingerprint density at radius 3 is 2.17 bits per heavy atom. The highest BCUT2D eigenvalue weighted by Crippen LogP contribution is 2.16. The molecule has 5 nitrogen and oxygen atoms in total. The van der Waals surface area contributed by atoms with Crippen molar-refractivity contribution >= 4 is 29.0 Å². The summed E-state index contributed by atoms with van der Waals surface area (Å²) < 4.78 is 0. The second-order valence-electron chi connectivity index (χ2n) is 7.33. The van der Waals surface area contributed by atoms with E-state index in [0.29, 0.717) is 18.8 Å². The van der Waals surface area contributed by atoms with Gasteiger partial charge in [-0.25, -0.2) is 4.79 Å². The van der Waals surface area contributed by atoms with Crippen molar-refractivity contribution in [2.24, 2.45) is 0 Å². The SMILES string of the molecule is CC(C)N(CC(=O)N(Cc1ccccc1)Cc1cccs1)C(=O)Nc1ccccc1. The molecule has 2 aromatic carbocycles. The molecule has 1 heterocycles. The van der Waals surface area contributed by atoms with Crippen molar-refractivity contribution in [1.29, 1.82) is 0 Å². The summed E-state index contributed by atoms with van der Waals surface area (Å²) in [4.78, 5) is 30.6. The van der Waals surface area contributed by atoms with Crippen molar-refractivity contribution in [2.45, 2.75) is 33.0 Å². The third-order valence-corrected chi connectivity index (χ3v) is 5.57. The van der Waals surface area contributed by atoms with Gasteiger partial charge in [0.05, 0.1) is 6.54 Å². The number of carbonyl (C=O) groups excluding carboxylic acids is 2. The summed E-state index contributed by atoms with van der Waals surface area (Å²) in [5.41, 5.74) is 1.77. The van der Waals surface area contributed by atoms with E-state index in [0.717, 1.165) is 10.4 Å². The van der Waals surface area contributed by atoms with Crippen molar-refractivity contribution in [3.05, 3.63) is 88.6 Å². The summed E-state index contributed by atoms with van der Waals surface area (Å²) in [6, 6.07) is 22.8. The highest BCUT2D eigenvalue weighted by molar-refractivity contribution is 7.09. The van der Waals surface area contributed by atoms with E-state index in [4.69, 9.17) is 0 Å². The van der Waals surface area contributed by atoms with Crippen molar-refractivity contribution in [3.8, 4) is 0 Å². The number of carbonyl (C=O) groups is 2. The standard InChI is InChI=1S/C24H27N3O2S/c1-19(2)27(24(29)25-21-12-7-4-8-13-21)18-23(28)26(17-22-14-9-15-30-22)16-20-10-5-3-6-11-20/h3-15,19H,16-18H2,1-2H3,(H,25,29). The summed E-state index contributed by atoms with van der Waals surface area (Å²) in [6.07, 6.45) is 0.